The molecular formula is C32H29BO3. The average Bonchev–Trinajstić information content (AvgIpc) is 3.38. The summed E-state index contributed by atoms with van der Waals surface area (Å²) >= 11 is 0. The second-order valence-electron chi connectivity index (χ2n) is 10.5. The monoisotopic (exact) mass is 472 g/mol. The van der Waals surface area contributed by atoms with Crippen LogP contribution >= 0.6 is 0 Å². The molecule has 3 nitrogen and oxygen atoms in total. The first-order valence-corrected chi connectivity index (χ1v) is 12.5. The summed E-state index contributed by atoms with van der Waals surface area (Å²) in [6, 6.07) is 35.7. The molecule has 5 aromatic rings. The van der Waals surface area contributed by atoms with E-state index in [9.17, 15) is 0 Å². The minimum absolute atomic E-state index is 0.371. The van der Waals surface area contributed by atoms with Crippen molar-refractivity contribution in [1.82, 2.24) is 0 Å². The second kappa shape index (κ2) is 8.51. The predicted octanol–water partition coefficient (Wildman–Crippen LogP) is 7.73. The van der Waals surface area contributed by atoms with E-state index in [4.69, 9.17) is 13.7 Å². The van der Waals surface area contributed by atoms with Crippen LogP contribution in [-0.4, -0.2) is 18.3 Å². The summed E-state index contributed by atoms with van der Waals surface area (Å²) in [7, 11) is -0.388. The average molecular weight is 472 g/mol. The molecule has 1 saturated heterocycles. The van der Waals surface area contributed by atoms with Gasteiger partial charge in [0.25, 0.3) is 0 Å². The van der Waals surface area contributed by atoms with E-state index in [1.807, 2.05) is 30.3 Å². The maximum Gasteiger partial charge on any atom is 0.494 e. The Balaban J connectivity index is 1.43. The van der Waals surface area contributed by atoms with Crippen LogP contribution in [0.25, 0.3) is 44.5 Å². The Morgan fingerprint density at radius 2 is 1.14 bits per heavy atom. The van der Waals surface area contributed by atoms with Gasteiger partial charge in [-0.25, -0.2) is 0 Å². The van der Waals surface area contributed by atoms with Gasteiger partial charge in [-0.3, -0.25) is 0 Å². The number of hydrogen-bond acceptors (Lipinski definition) is 3. The molecule has 0 unspecified atom stereocenters. The highest BCUT2D eigenvalue weighted by Crippen LogP contribution is 2.42. The summed E-state index contributed by atoms with van der Waals surface area (Å²) in [6.45, 7) is 8.33. The summed E-state index contributed by atoms with van der Waals surface area (Å²) in [5.41, 5.74) is 6.73. The fourth-order valence-electron chi connectivity index (χ4n) is 4.82. The summed E-state index contributed by atoms with van der Waals surface area (Å²) in [6.07, 6.45) is 0. The van der Waals surface area contributed by atoms with Gasteiger partial charge < -0.3 is 13.7 Å². The number of hydrogen-bond donors (Lipinski definition) is 0. The third-order valence-corrected chi connectivity index (χ3v) is 7.53. The molecular weight excluding hydrogens is 443 g/mol. The molecule has 0 bridgehead atoms. The molecule has 0 atom stereocenters. The van der Waals surface area contributed by atoms with Crippen LogP contribution < -0.4 is 5.46 Å². The van der Waals surface area contributed by atoms with Crippen LogP contribution in [0, 0.1) is 0 Å². The summed E-state index contributed by atoms with van der Waals surface area (Å²) < 4.78 is 19.0. The minimum atomic E-state index is -0.388. The van der Waals surface area contributed by atoms with Crippen molar-refractivity contribution in [2.24, 2.45) is 0 Å². The molecule has 1 aliphatic rings. The Morgan fingerprint density at radius 1 is 0.556 bits per heavy atom. The van der Waals surface area contributed by atoms with Crippen molar-refractivity contribution < 1.29 is 13.7 Å². The van der Waals surface area contributed by atoms with Gasteiger partial charge in [0.1, 0.15) is 11.3 Å². The lowest BCUT2D eigenvalue weighted by molar-refractivity contribution is 0.00578. The zero-order valence-corrected chi connectivity index (χ0v) is 21.1. The topological polar surface area (TPSA) is 31.6 Å². The molecule has 1 fully saturated rings. The predicted molar refractivity (Wildman–Crippen MR) is 148 cm³/mol. The van der Waals surface area contributed by atoms with E-state index in [0.717, 1.165) is 50.0 Å². The van der Waals surface area contributed by atoms with E-state index in [1.54, 1.807) is 0 Å². The van der Waals surface area contributed by atoms with E-state index < -0.39 is 0 Å². The molecule has 2 heterocycles. The smallest absolute Gasteiger partial charge is 0.455 e. The van der Waals surface area contributed by atoms with Gasteiger partial charge in [-0.2, -0.15) is 0 Å². The Kier molecular flexibility index (Phi) is 5.40. The van der Waals surface area contributed by atoms with E-state index in [1.165, 1.54) is 0 Å². The highest BCUT2D eigenvalue weighted by molar-refractivity contribution is 6.62. The molecule has 0 amide bonds. The van der Waals surface area contributed by atoms with Crippen molar-refractivity contribution in [2.75, 3.05) is 0 Å². The molecule has 0 spiro atoms. The van der Waals surface area contributed by atoms with Crippen molar-refractivity contribution in [1.29, 1.82) is 0 Å². The highest BCUT2D eigenvalue weighted by atomic mass is 16.7. The molecule has 178 valence electrons. The Bertz CT molecular complexity index is 1530. The van der Waals surface area contributed by atoms with E-state index in [-0.39, 0.29) is 18.3 Å². The van der Waals surface area contributed by atoms with Crippen LogP contribution in [0.4, 0.5) is 0 Å². The minimum Gasteiger partial charge on any atom is -0.455 e. The first-order chi connectivity index (χ1) is 17.3. The first kappa shape index (κ1) is 22.8. The molecule has 4 aromatic carbocycles. The van der Waals surface area contributed by atoms with Crippen LogP contribution in [0.2, 0.25) is 0 Å². The molecule has 1 aromatic heterocycles. The van der Waals surface area contributed by atoms with E-state index in [2.05, 4.69) is 100 Å². The van der Waals surface area contributed by atoms with Crippen molar-refractivity contribution in [3.63, 3.8) is 0 Å². The lowest BCUT2D eigenvalue weighted by Gasteiger charge is -2.32. The molecule has 0 radical (unpaired) electrons. The quantitative estimate of drug-likeness (QED) is 0.251. The highest BCUT2D eigenvalue weighted by Gasteiger charge is 2.51. The third-order valence-electron chi connectivity index (χ3n) is 7.53. The number of benzene rings is 4. The SMILES string of the molecule is CC1(C)OB(c2cccc(-c3cccc(-c4c(-c5ccccc5)oc5ccccc45)c3)c2)OC1(C)C. The first-order valence-electron chi connectivity index (χ1n) is 12.5. The fourth-order valence-corrected chi connectivity index (χ4v) is 4.82. The standard InChI is InChI=1S/C32H29BO3/c1-31(2)32(3,4)36-33(35-31)26-17-11-15-24(21-26)23-14-10-16-25(20-23)29-27-18-8-9-19-28(27)34-30(29)22-12-6-5-7-13-22/h5-21H,1-4H3. The number of fused-ring (bicyclic) bond motifs is 1. The lowest BCUT2D eigenvalue weighted by atomic mass is 9.78. The zero-order valence-electron chi connectivity index (χ0n) is 21.1. The zero-order chi connectivity index (χ0) is 24.9. The van der Waals surface area contributed by atoms with E-state index >= 15 is 0 Å². The largest absolute Gasteiger partial charge is 0.494 e. The maximum atomic E-state index is 6.38. The molecule has 0 aliphatic carbocycles. The summed E-state index contributed by atoms with van der Waals surface area (Å²) in [5, 5.41) is 1.11. The van der Waals surface area contributed by atoms with Gasteiger partial charge in [-0.15, -0.1) is 0 Å². The van der Waals surface area contributed by atoms with Crippen molar-refractivity contribution in [3.8, 4) is 33.6 Å². The van der Waals surface area contributed by atoms with Crippen molar-refractivity contribution in [2.45, 2.75) is 38.9 Å². The summed E-state index contributed by atoms with van der Waals surface area (Å²) in [5.74, 6) is 0.889. The van der Waals surface area contributed by atoms with Gasteiger partial charge in [0.15, 0.2) is 0 Å². The van der Waals surface area contributed by atoms with Crippen LogP contribution in [0.5, 0.6) is 0 Å². The van der Waals surface area contributed by atoms with Gasteiger partial charge in [0.2, 0.25) is 0 Å². The van der Waals surface area contributed by atoms with Crippen LogP contribution in [0.1, 0.15) is 27.7 Å². The Morgan fingerprint density at radius 3 is 1.89 bits per heavy atom. The van der Waals surface area contributed by atoms with Crippen molar-refractivity contribution >= 4 is 23.6 Å². The molecule has 0 N–H and O–H groups in total. The van der Waals surface area contributed by atoms with E-state index in [0.29, 0.717) is 0 Å². The Hall–Kier alpha value is -3.60. The van der Waals surface area contributed by atoms with Gasteiger partial charge >= 0.3 is 7.12 Å². The van der Waals surface area contributed by atoms with Gasteiger partial charge in [0.05, 0.1) is 11.2 Å². The Labute approximate surface area is 212 Å². The number of rotatable bonds is 4. The lowest BCUT2D eigenvalue weighted by Crippen LogP contribution is -2.41. The van der Waals surface area contributed by atoms with Crippen molar-refractivity contribution in [3.05, 3.63) is 103 Å². The molecule has 1 aliphatic heterocycles. The van der Waals surface area contributed by atoms with Gasteiger partial charge in [-0.1, -0.05) is 91.0 Å². The second-order valence-corrected chi connectivity index (χ2v) is 10.5. The van der Waals surface area contributed by atoms with Crippen LogP contribution in [0.3, 0.4) is 0 Å². The van der Waals surface area contributed by atoms with Gasteiger partial charge in [0, 0.05) is 16.5 Å². The molecule has 6 rings (SSSR count). The van der Waals surface area contributed by atoms with Crippen LogP contribution in [-0.2, 0) is 9.31 Å². The number of furan rings is 1. The fraction of sp³-hybridized carbons (Fsp3) is 0.188. The number of para-hydroxylation sites is 1. The van der Waals surface area contributed by atoms with Crippen LogP contribution in [0.15, 0.2) is 108 Å². The molecule has 4 heteroatoms. The normalized spacial score (nSPS) is 16.5. The maximum absolute atomic E-state index is 6.38. The molecule has 36 heavy (non-hydrogen) atoms. The summed E-state index contributed by atoms with van der Waals surface area (Å²) in [4.78, 5) is 0. The molecule has 0 saturated carbocycles. The third kappa shape index (κ3) is 3.87. The van der Waals surface area contributed by atoms with Gasteiger partial charge in [-0.05, 0) is 62.0 Å².